The van der Waals surface area contributed by atoms with Gasteiger partial charge >= 0.3 is 6.03 Å². The lowest BCUT2D eigenvalue weighted by atomic mass is 10.2. The fourth-order valence-corrected chi connectivity index (χ4v) is 2.99. The van der Waals surface area contributed by atoms with Crippen LogP contribution in [0, 0.1) is 6.92 Å². The minimum atomic E-state index is -0.106. The molecule has 9 nitrogen and oxygen atoms in total. The van der Waals surface area contributed by atoms with Gasteiger partial charge in [0.05, 0.1) is 6.54 Å². The van der Waals surface area contributed by atoms with E-state index in [0.717, 1.165) is 16.7 Å². The third-order valence-corrected chi connectivity index (χ3v) is 4.41. The van der Waals surface area contributed by atoms with Crippen molar-refractivity contribution in [2.75, 3.05) is 31.1 Å². The van der Waals surface area contributed by atoms with Crippen molar-refractivity contribution in [3.05, 3.63) is 35.9 Å². The van der Waals surface area contributed by atoms with Crippen molar-refractivity contribution in [1.82, 2.24) is 30.0 Å². The summed E-state index contributed by atoms with van der Waals surface area (Å²) < 4.78 is 7.46. The van der Waals surface area contributed by atoms with Crippen LogP contribution in [0.4, 0.5) is 10.8 Å². The molecule has 136 valence electrons. The average Bonchev–Trinajstić information content (AvgIpc) is 3.25. The van der Waals surface area contributed by atoms with E-state index in [1.54, 1.807) is 23.0 Å². The molecule has 9 heteroatoms. The van der Waals surface area contributed by atoms with E-state index in [-0.39, 0.29) is 6.03 Å². The maximum Gasteiger partial charge on any atom is 0.317 e. The van der Waals surface area contributed by atoms with E-state index in [2.05, 4.69) is 25.3 Å². The summed E-state index contributed by atoms with van der Waals surface area (Å²) in [6, 6.07) is 6.47. The predicted octanol–water partition coefficient (Wildman–Crippen LogP) is 1.30. The second-order valence-corrected chi connectivity index (χ2v) is 6.43. The monoisotopic (exact) mass is 355 g/mol. The van der Waals surface area contributed by atoms with E-state index in [1.807, 2.05) is 25.1 Å². The standard InChI is InChI=1S/C17H21N7O2/c1-12-3-4-14-13(9-12)20-17(26-14)24-7-5-23(6-8-24)16(25)18-10-15-19-11-22(2)21-15/h3-4,9,11H,5-8,10H2,1-2H3,(H,18,25). The van der Waals surface area contributed by atoms with Crippen LogP contribution in [0.15, 0.2) is 28.9 Å². The van der Waals surface area contributed by atoms with Gasteiger partial charge in [0.15, 0.2) is 11.4 Å². The number of urea groups is 1. The van der Waals surface area contributed by atoms with Gasteiger partial charge in [-0.3, -0.25) is 4.68 Å². The number of hydrogen-bond acceptors (Lipinski definition) is 6. The van der Waals surface area contributed by atoms with E-state index in [0.29, 0.717) is 44.6 Å². The highest BCUT2D eigenvalue weighted by Crippen LogP contribution is 2.23. The Morgan fingerprint density at radius 2 is 2.08 bits per heavy atom. The van der Waals surface area contributed by atoms with E-state index >= 15 is 0 Å². The van der Waals surface area contributed by atoms with Crippen LogP contribution in [0.25, 0.3) is 11.1 Å². The van der Waals surface area contributed by atoms with Gasteiger partial charge < -0.3 is 19.5 Å². The van der Waals surface area contributed by atoms with Crippen molar-refractivity contribution < 1.29 is 9.21 Å². The highest BCUT2D eigenvalue weighted by Gasteiger charge is 2.24. The molecule has 3 aromatic rings. The zero-order chi connectivity index (χ0) is 18.1. The van der Waals surface area contributed by atoms with Crippen molar-refractivity contribution in [3.8, 4) is 0 Å². The van der Waals surface area contributed by atoms with Gasteiger partial charge in [-0.05, 0) is 24.6 Å². The molecule has 0 spiro atoms. The molecule has 0 radical (unpaired) electrons. The Kier molecular flexibility index (Phi) is 4.19. The minimum Gasteiger partial charge on any atom is -0.423 e. The number of fused-ring (bicyclic) bond motifs is 1. The molecular formula is C17H21N7O2. The number of rotatable bonds is 3. The van der Waals surface area contributed by atoms with Gasteiger partial charge in [0.2, 0.25) is 0 Å². The summed E-state index contributed by atoms with van der Waals surface area (Å²) >= 11 is 0. The first kappa shape index (κ1) is 16.4. The summed E-state index contributed by atoms with van der Waals surface area (Å²) in [7, 11) is 1.80. The lowest BCUT2D eigenvalue weighted by Crippen LogP contribution is -2.51. The zero-order valence-corrected chi connectivity index (χ0v) is 14.8. The SMILES string of the molecule is Cc1ccc2oc(N3CCN(C(=O)NCc4ncn(C)n4)CC3)nc2c1. The molecule has 0 atom stereocenters. The third kappa shape index (κ3) is 3.32. The molecule has 1 aliphatic rings. The Labute approximate surface area is 150 Å². The number of amides is 2. The summed E-state index contributed by atoms with van der Waals surface area (Å²) in [5.41, 5.74) is 2.80. The molecule has 4 rings (SSSR count). The molecule has 0 unspecified atom stereocenters. The first-order valence-corrected chi connectivity index (χ1v) is 8.58. The van der Waals surface area contributed by atoms with Crippen molar-refractivity contribution in [1.29, 1.82) is 0 Å². The van der Waals surface area contributed by atoms with Crippen LogP contribution < -0.4 is 10.2 Å². The topological polar surface area (TPSA) is 92.3 Å². The van der Waals surface area contributed by atoms with Crippen molar-refractivity contribution in [2.45, 2.75) is 13.5 Å². The fraction of sp³-hybridized carbons (Fsp3) is 0.412. The number of aryl methyl sites for hydroxylation is 2. The van der Waals surface area contributed by atoms with Crippen LogP contribution in [0.3, 0.4) is 0 Å². The smallest absolute Gasteiger partial charge is 0.317 e. The number of anilines is 1. The third-order valence-electron chi connectivity index (χ3n) is 4.41. The second kappa shape index (κ2) is 6.66. The average molecular weight is 355 g/mol. The molecule has 2 amide bonds. The molecule has 0 bridgehead atoms. The zero-order valence-electron chi connectivity index (χ0n) is 14.8. The molecule has 0 aliphatic carbocycles. The fourth-order valence-electron chi connectivity index (χ4n) is 2.99. The summed E-state index contributed by atoms with van der Waals surface area (Å²) in [5.74, 6) is 0.598. The first-order valence-electron chi connectivity index (χ1n) is 8.58. The maximum atomic E-state index is 12.3. The summed E-state index contributed by atoms with van der Waals surface area (Å²) in [5, 5.41) is 7.01. The molecular weight excluding hydrogens is 334 g/mol. The molecule has 1 saturated heterocycles. The van der Waals surface area contributed by atoms with Crippen LogP contribution in [-0.4, -0.2) is 56.9 Å². The van der Waals surface area contributed by atoms with Gasteiger partial charge in [-0.15, -0.1) is 0 Å². The number of hydrogen-bond donors (Lipinski definition) is 1. The maximum absolute atomic E-state index is 12.3. The number of nitrogens with zero attached hydrogens (tertiary/aromatic N) is 6. The number of carbonyl (C=O) groups excluding carboxylic acids is 1. The Morgan fingerprint density at radius 1 is 1.27 bits per heavy atom. The van der Waals surface area contributed by atoms with E-state index < -0.39 is 0 Å². The molecule has 1 fully saturated rings. The summed E-state index contributed by atoms with van der Waals surface area (Å²) in [4.78, 5) is 24.8. The highest BCUT2D eigenvalue weighted by atomic mass is 16.4. The molecule has 1 aliphatic heterocycles. The molecule has 1 N–H and O–H groups in total. The quantitative estimate of drug-likeness (QED) is 0.761. The van der Waals surface area contributed by atoms with Crippen LogP contribution in [0.5, 0.6) is 0 Å². The molecule has 3 heterocycles. The van der Waals surface area contributed by atoms with Crippen LogP contribution >= 0.6 is 0 Å². The van der Waals surface area contributed by atoms with Crippen molar-refractivity contribution in [3.63, 3.8) is 0 Å². The van der Waals surface area contributed by atoms with Crippen LogP contribution in [0.2, 0.25) is 0 Å². The Balaban J connectivity index is 1.33. The number of benzene rings is 1. The van der Waals surface area contributed by atoms with Gasteiger partial charge in [-0.1, -0.05) is 6.07 Å². The minimum absolute atomic E-state index is 0.106. The van der Waals surface area contributed by atoms with Crippen molar-refractivity contribution >= 4 is 23.1 Å². The molecule has 0 saturated carbocycles. The van der Waals surface area contributed by atoms with Gasteiger partial charge in [0, 0.05) is 33.2 Å². The Hall–Kier alpha value is -3.10. The number of oxazole rings is 1. The molecule has 2 aromatic heterocycles. The molecule has 1 aromatic carbocycles. The predicted molar refractivity (Wildman–Crippen MR) is 95.8 cm³/mol. The van der Waals surface area contributed by atoms with Gasteiger partial charge in [0.1, 0.15) is 11.8 Å². The first-order chi connectivity index (χ1) is 12.6. The van der Waals surface area contributed by atoms with Gasteiger partial charge in [0.25, 0.3) is 6.01 Å². The van der Waals surface area contributed by atoms with Gasteiger partial charge in [-0.2, -0.15) is 10.1 Å². The Morgan fingerprint density at radius 3 is 2.81 bits per heavy atom. The largest absolute Gasteiger partial charge is 0.423 e. The van der Waals surface area contributed by atoms with E-state index in [4.69, 9.17) is 4.42 Å². The van der Waals surface area contributed by atoms with Crippen molar-refractivity contribution in [2.24, 2.45) is 7.05 Å². The Bertz CT molecular complexity index is 924. The van der Waals surface area contributed by atoms with E-state index in [9.17, 15) is 4.79 Å². The van der Waals surface area contributed by atoms with Crippen LogP contribution in [-0.2, 0) is 13.6 Å². The number of nitrogens with one attached hydrogen (secondary N) is 1. The molecule has 26 heavy (non-hydrogen) atoms. The normalized spacial score (nSPS) is 14.8. The van der Waals surface area contributed by atoms with Crippen LogP contribution in [0.1, 0.15) is 11.4 Å². The lowest BCUT2D eigenvalue weighted by Gasteiger charge is -2.33. The highest BCUT2D eigenvalue weighted by molar-refractivity contribution is 5.76. The second-order valence-electron chi connectivity index (χ2n) is 6.43. The van der Waals surface area contributed by atoms with E-state index in [1.165, 1.54) is 0 Å². The van der Waals surface area contributed by atoms with Gasteiger partial charge in [-0.25, -0.2) is 9.78 Å². The number of aromatic nitrogens is 4. The summed E-state index contributed by atoms with van der Waals surface area (Å²) in [6.07, 6.45) is 1.61. The summed E-state index contributed by atoms with van der Waals surface area (Å²) in [6.45, 7) is 4.94. The number of carbonyl (C=O) groups is 1. The number of piperazine rings is 1. The lowest BCUT2D eigenvalue weighted by molar-refractivity contribution is 0.193.